The highest BCUT2D eigenvalue weighted by Gasteiger charge is 2.10. The third kappa shape index (κ3) is 5.28. The largest absolute Gasteiger partial charge is 0.507 e. The Balaban J connectivity index is 2.05. The molecule has 0 heterocycles. The van der Waals surface area contributed by atoms with Crippen molar-refractivity contribution in [1.82, 2.24) is 5.43 Å². The van der Waals surface area contributed by atoms with Crippen LogP contribution in [0.1, 0.15) is 29.8 Å². The second-order valence-electron chi connectivity index (χ2n) is 5.68. The van der Waals surface area contributed by atoms with Crippen LogP contribution >= 0.6 is 0 Å². The van der Waals surface area contributed by atoms with Gasteiger partial charge in [-0.2, -0.15) is 5.10 Å². The summed E-state index contributed by atoms with van der Waals surface area (Å²) in [5.41, 5.74) is 3.89. The molecule has 0 saturated heterocycles. The van der Waals surface area contributed by atoms with Crippen LogP contribution in [-0.4, -0.2) is 38.7 Å². The maximum absolute atomic E-state index is 12.0. The van der Waals surface area contributed by atoms with E-state index in [0.29, 0.717) is 5.56 Å². The Hall–Kier alpha value is -2.91. The van der Waals surface area contributed by atoms with E-state index in [1.54, 1.807) is 12.1 Å². The monoisotopic (exact) mass is 390 g/mol. The van der Waals surface area contributed by atoms with Gasteiger partial charge in [0.2, 0.25) is 10.0 Å². The number of phenols is 1. The number of nitrogens with one attached hydrogen (secondary N) is 1. The van der Waals surface area contributed by atoms with Crippen LogP contribution in [0.15, 0.2) is 52.5 Å². The number of nitrogens with two attached hydrogens (primary N) is 1. The number of hydrogen-bond acceptors (Lipinski definition) is 6. The van der Waals surface area contributed by atoms with Crippen molar-refractivity contribution < 1.29 is 18.3 Å². The third-order valence-electron chi connectivity index (χ3n) is 3.96. The van der Waals surface area contributed by atoms with E-state index < -0.39 is 15.9 Å². The molecule has 0 atom stereocenters. The van der Waals surface area contributed by atoms with Crippen molar-refractivity contribution in [3.05, 3.63) is 53.6 Å². The summed E-state index contributed by atoms with van der Waals surface area (Å²) in [5.74, 6) is -0.471. The quantitative estimate of drug-likeness (QED) is 0.490. The number of phenolic OH excluding ortho intramolecular Hbond substituents is 1. The van der Waals surface area contributed by atoms with Gasteiger partial charge in [-0.25, -0.2) is 19.0 Å². The Morgan fingerprint density at radius 1 is 1.19 bits per heavy atom. The lowest BCUT2D eigenvalue weighted by molar-refractivity contribution is 0.0955. The van der Waals surface area contributed by atoms with Gasteiger partial charge in [-0.3, -0.25) is 4.79 Å². The van der Waals surface area contributed by atoms with E-state index in [1.807, 2.05) is 19.9 Å². The SMILES string of the molecule is CCN(CC)c1ccc(/C=N/NC(=O)c2ccc(S(N)(=O)=O)cc2)c(O)c1. The molecule has 4 N–H and O–H groups in total. The molecule has 0 bridgehead atoms. The molecule has 0 fully saturated rings. The highest BCUT2D eigenvalue weighted by Crippen LogP contribution is 2.23. The van der Waals surface area contributed by atoms with Crippen molar-refractivity contribution in [2.24, 2.45) is 10.2 Å². The molecule has 144 valence electrons. The summed E-state index contributed by atoms with van der Waals surface area (Å²) >= 11 is 0. The first-order valence-electron chi connectivity index (χ1n) is 8.30. The number of anilines is 1. The van der Waals surface area contributed by atoms with Crippen molar-refractivity contribution in [3.63, 3.8) is 0 Å². The van der Waals surface area contributed by atoms with Gasteiger partial charge in [-0.1, -0.05) is 0 Å². The van der Waals surface area contributed by atoms with E-state index in [1.165, 1.54) is 30.5 Å². The van der Waals surface area contributed by atoms with Crippen molar-refractivity contribution in [2.75, 3.05) is 18.0 Å². The normalized spacial score (nSPS) is 11.5. The Morgan fingerprint density at radius 2 is 1.81 bits per heavy atom. The summed E-state index contributed by atoms with van der Waals surface area (Å²) in [4.78, 5) is 14.0. The first kappa shape index (κ1) is 20.4. The van der Waals surface area contributed by atoms with Crippen LogP contribution in [0.5, 0.6) is 5.75 Å². The average Bonchev–Trinajstić information content (AvgIpc) is 2.63. The number of rotatable bonds is 7. The molecule has 8 nitrogen and oxygen atoms in total. The maximum atomic E-state index is 12.0. The molecule has 0 aliphatic carbocycles. The molecular formula is C18H22N4O4S. The lowest BCUT2D eigenvalue weighted by Gasteiger charge is -2.21. The van der Waals surface area contributed by atoms with Crippen LogP contribution in [0, 0.1) is 0 Å². The fraction of sp³-hybridized carbons (Fsp3) is 0.222. The molecule has 0 aliphatic rings. The Labute approximate surface area is 158 Å². The number of hydrazone groups is 1. The summed E-state index contributed by atoms with van der Waals surface area (Å²) in [7, 11) is -3.81. The zero-order valence-electron chi connectivity index (χ0n) is 15.1. The Bertz CT molecular complexity index is 936. The van der Waals surface area contributed by atoms with Gasteiger partial charge in [0.25, 0.3) is 5.91 Å². The van der Waals surface area contributed by atoms with Crippen molar-refractivity contribution >= 4 is 27.8 Å². The molecule has 2 rings (SSSR count). The Kier molecular flexibility index (Phi) is 6.54. The fourth-order valence-corrected chi connectivity index (χ4v) is 2.96. The third-order valence-corrected chi connectivity index (χ3v) is 4.89. The molecule has 27 heavy (non-hydrogen) atoms. The van der Waals surface area contributed by atoms with Crippen LogP contribution in [0.25, 0.3) is 0 Å². The summed E-state index contributed by atoms with van der Waals surface area (Å²) in [5, 5.41) is 19.0. The Morgan fingerprint density at radius 3 is 2.33 bits per heavy atom. The van der Waals surface area contributed by atoms with Crippen LogP contribution in [0.4, 0.5) is 5.69 Å². The number of primary sulfonamides is 1. The van der Waals surface area contributed by atoms with Gasteiger partial charge in [-0.05, 0) is 50.2 Å². The van der Waals surface area contributed by atoms with Crippen LogP contribution in [0.2, 0.25) is 0 Å². The van der Waals surface area contributed by atoms with Gasteiger partial charge in [-0.15, -0.1) is 0 Å². The molecular weight excluding hydrogens is 368 g/mol. The van der Waals surface area contributed by atoms with E-state index in [-0.39, 0.29) is 16.2 Å². The molecule has 0 saturated carbocycles. The molecule has 2 aromatic carbocycles. The summed E-state index contributed by atoms with van der Waals surface area (Å²) in [6.07, 6.45) is 1.33. The maximum Gasteiger partial charge on any atom is 0.271 e. The first-order valence-corrected chi connectivity index (χ1v) is 9.85. The molecule has 1 amide bonds. The van der Waals surface area contributed by atoms with Gasteiger partial charge in [0.15, 0.2) is 0 Å². The van der Waals surface area contributed by atoms with Crippen molar-refractivity contribution in [1.29, 1.82) is 0 Å². The van der Waals surface area contributed by atoms with Crippen molar-refractivity contribution in [2.45, 2.75) is 18.7 Å². The standard InChI is InChI=1S/C18H22N4O4S/c1-3-22(4-2)15-8-5-14(17(23)11-15)12-20-21-18(24)13-6-9-16(10-7-13)27(19,25)26/h5-12,23H,3-4H2,1-2H3,(H,21,24)(H2,19,25,26)/b20-12+. The number of aromatic hydroxyl groups is 1. The van der Waals surface area contributed by atoms with Crippen LogP contribution in [0.3, 0.4) is 0 Å². The minimum absolute atomic E-state index is 0.0508. The molecule has 0 spiro atoms. The van der Waals surface area contributed by atoms with Gasteiger partial charge in [0, 0.05) is 36.0 Å². The summed E-state index contributed by atoms with van der Waals surface area (Å²) in [6, 6.07) is 10.4. The van der Waals surface area contributed by atoms with E-state index in [0.717, 1.165) is 18.8 Å². The first-order chi connectivity index (χ1) is 12.8. The molecule has 0 aliphatic heterocycles. The van der Waals surface area contributed by atoms with Gasteiger partial charge < -0.3 is 10.0 Å². The molecule has 2 aromatic rings. The molecule has 9 heteroatoms. The molecule has 0 unspecified atom stereocenters. The second-order valence-corrected chi connectivity index (χ2v) is 7.25. The number of benzene rings is 2. The van der Waals surface area contributed by atoms with E-state index >= 15 is 0 Å². The molecule has 0 radical (unpaired) electrons. The highest BCUT2D eigenvalue weighted by atomic mass is 32.2. The van der Waals surface area contributed by atoms with Gasteiger partial charge in [0.05, 0.1) is 11.1 Å². The number of carbonyl (C=O) groups is 1. The number of nitrogens with zero attached hydrogens (tertiary/aromatic N) is 2. The zero-order valence-corrected chi connectivity index (χ0v) is 15.9. The predicted octanol–water partition coefficient (Wildman–Crippen LogP) is 1.65. The second kappa shape index (κ2) is 8.65. The van der Waals surface area contributed by atoms with Crippen LogP contribution < -0.4 is 15.5 Å². The highest BCUT2D eigenvalue weighted by molar-refractivity contribution is 7.89. The average molecular weight is 390 g/mol. The van der Waals surface area contributed by atoms with Crippen LogP contribution in [-0.2, 0) is 10.0 Å². The molecule has 0 aromatic heterocycles. The summed E-state index contributed by atoms with van der Waals surface area (Å²) < 4.78 is 22.4. The van der Waals surface area contributed by atoms with Gasteiger partial charge in [0.1, 0.15) is 5.75 Å². The summed E-state index contributed by atoms with van der Waals surface area (Å²) in [6.45, 7) is 5.70. The minimum Gasteiger partial charge on any atom is -0.507 e. The van der Waals surface area contributed by atoms with Gasteiger partial charge >= 0.3 is 0 Å². The number of sulfonamides is 1. The smallest absolute Gasteiger partial charge is 0.271 e. The predicted molar refractivity (Wildman–Crippen MR) is 105 cm³/mol. The van der Waals surface area contributed by atoms with E-state index in [9.17, 15) is 18.3 Å². The number of amides is 1. The lowest BCUT2D eigenvalue weighted by Crippen LogP contribution is -2.21. The topological polar surface area (TPSA) is 125 Å². The number of carbonyl (C=O) groups excluding carboxylic acids is 1. The van der Waals surface area contributed by atoms with E-state index in [4.69, 9.17) is 5.14 Å². The van der Waals surface area contributed by atoms with Crippen molar-refractivity contribution in [3.8, 4) is 5.75 Å². The fourth-order valence-electron chi connectivity index (χ4n) is 2.45. The number of hydrogen-bond donors (Lipinski definition) is 3. The minimum atomic E-state index is -3.81. The zero-order chi connectivity index (χ0) is 20.0. The van der Waals surface area contributed by atoms with E-state index in [2.05, 4.69) is 15.4 Å². The lowest BCUT2D eigenvalue weighted by atomic mass is 10.2.